The van der Waals surface area contributed by atoms with Crippen molar-refractivity contribution in [2.45, 2.75) is 12.1 Å². The summed E-state index contributed by atoms with van der Waals surface area (Å²) >= 11 is 0. The van der Waals surface area contributed by atoms with E-state index in [4.69, 9.17) is 10.8 Å². The molecule has 1 rings (SSSR count). The topological polar surface area (TPSA) is 104 Å². The highest BCUT2D eigenvalue weighted by atomic mass is 16.4. The molecule has 1 aromatic rings. The lowest BCUT2D eigenvalue weighted by Gasteiger charge is -2.15. The Hall–Kier alpha value is -1.59. The van der Waals surface area contributed by atoms with E-state index in [0.29, 0.717) is 0 Å². The summed E-state index contributed by atoms with van der Waals surface area (Å²) in [4.78, 5) is 10.5. The summed E-state index contributed by atoms with van der Waals surface area (Å²) in [7, 11) is 0. The monoisotopic (exact) mass is 197 g/mol. The van der Waals surface area contributed by atoms with Crippen molar-refractivity contribution in [3.63, 3.8) is 0 Å². The Bertz CT molecular complexity index is 339. The van der Waals surface area contributed by atoms with Crippen LogP contribution in [-0.4, -0.2) is 27.3 Å². The summed E-state index contributed by atoms with van der Waals surface area (Å²) in [5, 5.41) is 27.3. The fourth-order valence-corrected chi connectivity index (χ4v) is 1.07. The predicted octanol–water partition coefficient (Wildman–Crippen LogP) is -0.163. The van der Waals surface area contributed by atoms with E-state index in [0.717, 1.165) is 0 Å². The molecule has 0 bridgehead atoms. The number of nitrogens with two attached hydrogens (primary N) is 1. The Kier molecular flexibility index (Phi) is 3.06. The highest BCUT2D eigenvalue weighted by Crippen LogP contribution is 2.25. The number of aliphatic hydroxyl groups excluding tert-OH is 1. The van der Waals surface area contributed by atoms with Crippen LogP contribution in [0.25, 0.3) is 0 Å². The van der Waals surface area contributed by atoms with Gasteiger partial charge in [-0.3, -0.25) is 4.79 Å². The molecule has 2 atom stereocenters. The van der Waals surface area contributed by atoms with E-state index in [1.807, 2.05) is 0 Å². The van der Waals surface area contributed by atoms with Crippen LogP contribution < -0.4 is 5.73 Å². The molecule has 0 aliphatic rings. The maximum absolute atomic E-state index is 10.5. The fourth-order valence-electron chi connectivity index (χ4n) is 1.07. The average molecular weight is 197 g/mol. The van der Waals surface area contributed by atoms with E-state index in [1.54, 1.807) is 12.1 Å². The number of carbonyl (C=O) groups is 1. The molecule has 5 N–H and O–H groups in total. The quantitative estimate of drug-likeness (QED) is 0.539. The molecular weight excluding hydrogens is 186 g/mol. The second kappa shape index (κ2) is 4.08. The smallest absolute Gasteiger partial charge is 0.323 e. The predicted molar refractivity (Wildman–Crippen MR) is 48.7 cm³/mol. The fraction of sp³-hybridized carbons (Fsp3) is 0.222. The first kappa shape index (κ1) is 10.5. The van der Waals surface area contributed by atoms with Gasteiger partial charge in [0.25, 0.3) is 0 Å². The summed E-state index contributed by atoms with van der Waals surface area (Å²) in [5.41, 5.74) is 5.31. The lowest BCUT2D eigenvalue weighted by Crippen LogP contribution is -2.36. The molecule has 14 heavy (non-hydrogen) atoms. The number of carboxylic acids is 1. The third kappa shape index (κ3) is 2.01. The number of benzene rings is 1. The highest BCUT2D eigenvalue weighted by molar-refractivity contribution is 5.74. The van der Waals surface area contributed by atoms with E-state index in [2.05, 4.69) is 0 Å². The zero-order valence-electron chi connectivity index (χ0n) is 7.29. The molecule has 0 unspecified atom stereocenters. The van der Waals surface area contributed by atoms with E-state index in [-0.39, 0.29) is 11.3 Å². The van der Waals surface area contributed by atoms with Crippen LogP contribution in [0.15, 0.2) is 24.3 Å². The number of phenols is 1. The summed E-state index contributed by atoms with van der Waals surface area (Å²) in [5.74, 6) is -1.49. The van der Waals surface area contributed by atoms with Gasteiger partial charge in [-0.05, 0) is 6.07 Å². The van der Waals surface area contributed by atoms with Gasteiger partial charge in [-0.2, -0.15) is 0 Å². The van der Waals surface area contributed by atoms with Gasteiger partial charge in [0.05, 0.1) is 0 Å². The Morgan fingerprint density at radius 3 is 2.43 bits per heavy atom. The molecule has 76 valence electrons. The van der Waals surface area contributed by atoms with Gasteiger partial charge in [-0.1, -0.05) is 18.2 Å². The van der Waals surface area contributed by atoms with Crippen molar-refractivity contribution < 1.29 is 20.1 Å². The summed E-state index contributed by atoms with van der Waals surface area (Å²) < 4.78 is 0. The Balaban J connectivity index is 2.94. The number of aromatic hydroxyl groups is 1. The molecule has 0 heterocycles. The minimum atomic E-state index is -1.44. The van der Waals surface area contributed by atoms with Crippen molar-refractivity contribution in [3.05, 3.63) is 29.8 Å². The molecule has 0 aliphatic carbocycles. The number of rotatable bonds is 3. The first-order chi connectivity index (χ1) is 6.54. The second-order valence-electron chi connectivity index (χ2n) is 2.87. The zero-order valence-corrected chi connectivity index (χ0v) is 7.29. The first-order valence-electron chi connectivity index (χ1n) is 3.98. The molecule has 5 nitrogen and oxygen atoms in total. The Labute approximate surface area is 80.4 Å². The molecule has 0 fully saturated rings. The van der Waals surface area contributed by atoms with Gasteiger partial charge in [-0.25, -0.2) is 0 Å². The number of aliphatic carboxylic acids is 1. The van der Waals surface area contributed by atoms with Crippen molar-refractivity contribution in [1.82, 2.24) is 0 Å². The van der Waals surface area contributed by atoms with Gasteiger partial charge in [-0.15, -0.1) is 0 Å². The minimum Gasteiger partial charge on any atom is -0.508 e. The number of phenolic OH excluding ortho intramolecular Hbond substituents is 1. The normalized spacial score (nSPS) is 14.7. The molecule has 0 saturated carbocycles. The maximum Gasteiger partial charge on any atom is 0.323 e. The van der Waals surface area contributed by atoms with E-state index in [9.17, 15) is 15.0 Å². The van der Waals surface area contributed by atoms with Crippen LogP contribution in [0, 0.1) is 0 Å². The van der Waals surface area contributed by atoms with E-state index in [1.165, 1.54) is 12.1 Å². The molecular formula is C9H11NO4. The Morgan fingerprint density at radius 2 is 1.93 bits per heavy atom. The first-order valence-corrected chi connectivity index (χ1v) is 3.98. The third-order valence-corrected chi connectivity index (χ3v) is 1.88. The number of carboxylic acid groups (broad SMARTS) is 1. The van der Waals surface area contributed by atoms with Crippen molar-refractivity contribution in [2.75, 3.05) is 0 Å². The van der Waals surface area contributed by atoms with Crippen LogP contribution in [0.3, 0.4) is 0 Å². The van der Waals surface area contributed by atoms with Crippen molar-refractivity contribution >= 4 is 5.97 Å². The van der Waals surface area contributed by atoms with Gasteiger partial charge in [0.2, 0.25) is 0 Å². The second-order valence-corrected chi connectivity index (χ2v) is 2.87. The zero-order chi connectivity index (χ0) is 10.7. The van der Waals surface area contributed by atoms with Gasteiger partial charge in [0.15, 0.2) is 0 Å². The van der Waals surface area contributed by atoms with Gasteiger partial charge in [0, 0.05) is 5.56 Å². The van der Waals surface area contributed by atoms with Crippen LogP contribution in [0.5, 0.6) is 5.75 Å². The summed E-state index contributed by atoms with van der Waals surface area (Å²) in [6.07, 6.45) is -1.41. The third-order valence-electron chi connectivity index (χ3n) is 1.88. The molecule has 1 aromatic carbocycles. The standard InChI is InChI=1S/C9H11NO4/c10-7(9(13)14)8(12)5-3-1-2-4-6(5)11/h1-4,7-8,11-12H,10H2,(H,13,14)/t7-,8+/m1/s1. The molecule has 5 heteroatoms. The van der Waals surface area contributed by atoms with Gasteiger partial charge >= 0.3 is 5.97 Å². The lowest BCUT2D eigenvalue weighted by atomic mass is 10.0. The van der Waals surface area contributed by atoms with Crippen molar-refractivity contribution in [2.24, 2.45) is 5.73 Å². The molecule has 0 radical (unpaired) electrons. The van der Waals surface area contributed by atoms with Crippen LogP contribution in [-0.2, 0) is 4.79 Å². The van der Waals surface area contributed by atoms with Gasteiger partial charge in [0.1, 0.15) is 17.9 Å². The van der Waals surface area contributed by atoms with E-state index < -0.39 is 18.1 Å². The van der Waals surface area contributed by atoms with Crippen LogP contribution >= 0.6 is 0 Å². The van der Waals surface area contributed by atoms with Crippen LogP contribution in [0.4, 0.5) is 0 Å². The van der Waals surface area contributed by atoms with Crippen LogP contribution in [0.1, 0.15) is 11.7 Å². The molecule has 0 aliphatic heterocycles. The summed E-state index contributed by atoms with van der Waals surface area (Å²) in [6, 6.07) is 4.48. The average Bonchev–Trinajstić information content (AvgIpc) is 2.16. The van der Waals surface area contributed by atoms with Crippen molar-refractivity contribution in [1.29, 1.82) is 0 Å². The number of aliphatic hydroxyl groups is 1. The molecule has 0 saturated heterocycles. The Morgan fingerprint density at radius 1 is 1.36 bits per heavy atom. The number of para-hydroxylation sites is 1. The van der Waals surface area contributed by atoms with Gasteiger partial charge < -0.3 is 21.1 Å². The number of hydrogen-bond donors (Lipinski definition) is 4. The maximum atomic E-state index is 10.5. The molecule has 0 amide bonds. The molecule has 0 aromatic heterocycles. The summed E-state index contributed by atoms with van der Waals surface area (Å²) in [6.45, 7) is 0. The van der Waals surface area contributed by atoms with E-state index >= 15 is 0 Å². The largest absolute Gasteiger partial charge is 0.508 e. The van der Waals surface area contributed by atoms with Crippen molar-refractivity contribution in [3.8, 4) is 5.75 Å². The van der Waals surface area contributed by atoms with Crippen LogP contribution in [0.2, 0.25) is 0 Å². The minimum absolute atomic E-state index is 0.113. The lowest BCUT2D eigenvalue weighted by molar-refractivity contribution is -0.141. The highest BCUT2D eigenvalue weighted by Gasteiger charge is 2.25. The molecule has 0 spiro atoms. The number of hydrogen-bond acceptors (Lipinski definition) is 4. The SMILES string of the molecule is N[C@@H](C(=O)O)[C@@H](O)c1ccccc1O.